The maximum absolute atomic E-state index is 12.3. The summed E-state index contributed by atoms with van der Waals surface area (Å²) >= 11 is 0. The van der Waals surface area contributed by atoms with E-state index in [9.17, 15) is 4.79 Å². The van der Waals surface area contributed by atoms with E-state index in [0.29, 0.717) is 29.3 Å². The third-order valence-corrected chi connectivity index (χ3v) is 4.31. The second-order valence-corrected chi connectivity index (χ2v) is 6.44. The number of carbonyl (C=O) groups excluding carboxylic acids is 1. The number of hydrogen-bond acceptors (Lipinski definition) is 6. The monoisotopic (exact) mass is 368 g/mol. The van der Waals surface area contributed by atoms with Gasteiger partial charge in [-0.25, -0.2) is 4.98 Å². The first-order valence-electron chi connectivity index (χ1n) is 8.89. The van der Waals surface area contributed by atoms with Crippen molar-refractivity contribution in [2.75, 3.05) is 45.1 Å². The summed E-state index contributed by atoms with van der Waals surface area (Å²) in [6.07, 6.45) is 1.70. The summed E-state index contributed by atoms with van der Waals surface area (Å²) in [6.45, 7) is 6.60. The zero-order valence-corrected chi connectivity index (χ0v) is 15.7. The van der Waals surface area contributed by atoms with E-state index in [1.807, 2.05) is 13.0 Å². The summed E-state index contributed by atoms with van der Waals surface area (Å²) in [5, 5.41) is 7.15. The number of nitrogens with one attached hydrogen (secondary N) is 1. The first-order chi connectivity index (χ1) is 13.0. The minimum Gasteiger partial charge on any atom is -0.383 e. The maximum atomic E-state index is 12.3. The van der Waals surface area contributed by atoms with Crippen LogP contribution in [-0.2, 0) is 11.8 Å². The minimum atomic E-state index is -0.205. The summed E-state index contributed by atoms with van der Waals surface area (Å²) in [4.78, 5) is 18.7. The van der Waals surface area contributed by atoms with Gasteiger partial charge in [0.1, 0.15) is 11.5 Å². The molecule has 0 spiro atoms. The van der Waals surface area contributed by atoms with Gasteiger partial charge in [0.15, 0.2) is 5.69 Å². The number of amides is 1. The van der Waals surface area contributed by atoms with Crippen LogP contribution in [0.4, 0.5) is 5.82 Å². The average molecular weight is 368 g/mol. The molecule has 0 bridgehead atoms. The second-order valence-electron chi connectivity index (χ2n) is 6.44. The molecule has 3 N–H and O–H groups in total. The Kier molecular flexibility index (Phi) is 6.06. The Morgan fingerprint density at radius 3 is 2.89 bits per heavy atom. The van der Waals surface area contributed by atoms with Crippen LogP contribution in [0.5, 0.6) is 0 Å². The number of aromatic nitrogens is 3. The number of aryl methyl sites for hydroxylation is 2. The standard InChI is InChI=1S/C19H24N6O2/c1-14-11-15(18(20)22-13-14)3-4-16-12-17(23-24(16)2)19(26)21-5-6-25-7-9-27-10-8-25/h11-13H,5-10H2,1-2H3,(H2,20,22)(H,21,26). The molecule has 1 saturated heterocycles. The van der Waals surface area contributed by atoms with Crippen molar-refractivity contribution in [3.05, 3.63) is 40.8 Å². The molecule has 2 aromatic heterocycles. The van der Waals surface area contributed by atoms with Crippen LogP contribution in [0.1, 0.15) is 27.3 Å². The molecule has 0 atom stereocenters. The summed E-state index contributed by atoms with van der Waals surface area (Å²) in [6, 6.07) is 3.56. The van der Waals surface area contributed by atoms with Gasteiger partial charge in [0, 0.05) is 45.5 Å². The van der Waals surface area contributed by atoms with Crippen LogP contribution in [0.2, 0.25) is 0 Å². The normalized spacial score (nSPS) is 14.4. The molecule has 1 aliphatic heterocycles. The van der Waals surface area contributed by atoms with Gasteiger partial charge in [0.25, 0.3) is 5.91 Å². The molecule has 8 nitrogen and oxygen atoms in total. The number of nitrogens with zero attached hydrogens (tertiary/aromatic N) is 4. The molecule has 3 rings (SSSR count). The highest BCUT2D eigenvalue weighted by Gasteiger charge is 2.13. The number of nitrogens with two attached hydrogens (primary N) is 1. The summed E-state index contributed by atoms with van der Waals surface area (Å²) in [5.74, 6) is 6.19. The van der Waals surface area contributed by atoms with Crippen LogP contribution < -0.4 is 11.1 Å². The molecule has 0 unspecified atom stereocenters. The molecule has 0 aliphatic carbocycles. The number of rotatable bonds is 4. The molecule has 1 fully saturated rings. The van der Waals surface area contributed by atoms with E-state index in [1.165, 1.54) is 0 Å². The lowest BCUT2D eigenvalue weighted by molar-refractivity contribution is 0.0383. The molecule has 142 valence electrons. The van der Waals surface area contributed by atoms with Crippen molar-refractivity contribution < 1.29 is 9.53 Å². The van der Waals surface area contributed by atoms with E-state index in [0.717, 1.165) is 38.4 Å². The van der Waals surface area contributed by atoms with Gasteiger partial charge in [-0.1, -0.05) is 5.92 Å². The van der Waals surface area contributed by atoms with Gasteiger partial charge in [-0.05, 0) is 24.5 Å². The van der Waals surface area contributed by atoms with Crippen molar-refractivity contribution in [2.45, 2.75) is 6.92 Å². The zero-order valence-electron chi connectivity index (χ0n) is 15.7. The fourth-order valence-corrected chi connectivity index (χ4v) is 2.75. The number of anilines is 1. The Hall–Kier alpha value is -2.89. The first kappa shape index (κ1) is 18.9. The number of morpholine rings is 1. The van der Waals surface area contributed by atoms with Crippen molar-refractivity contribution in [1.82, 2.24) is 25.0 Å². The molecule has 0 saturated carbocycles. The third-order valence-electron chi connectivity index (χ3n) is 4.31. The third kappa shape index (κ3) is 5.06. The highest BCUT2D eigenvalue weighted by atomic mass is 16.5. The maximum Gasteiger partial charge on any atom is 0.271 e. The number of carbonyl (C=O) groups is 1. The number of nitrogen functional groups attached to an aromatic ring is 1. The minimum absolute atomic E-state index is 0.205. The quantitative estimate of drug-likeness (QED) is 0.747. The van der Waals surface area contributed by atoms with Gasteiger partial charge < -0.3 is 15.8 Å². The lowest BCUT2D eigenvalue weighted by atomic mass is 10.2. The average Bonchev–Trinajstić information content (AvgIpc) is 3.04. The van der Waals surface area contributed by atoms with E-state index in [4.69, 9.17) is 10.5 Å². The molecule has 0 radical (unpaired) electrons. The van der Waals surface area contributed by atoms with E-state index in [2.05, 4.69) is 32.1 Å². The smallest absolute Gasteiger partial charge is 0.271 e. The largest absolute Gasteiger partial charge is 0.383 e. The lowest BCUT2D eigenvalue weighted by Gasteiger charge is -2.26. The van der Waals surface area contributed by atoms with Crippen molar-refractivity contribution in [3.63, 3.8) is 0 Å². The number of ether oxygens (including phenoxy) is 1. The molecule has 0 aromatic carbocycles. The number of pyridine rings is 1. The molecule has 1 amide bonds. The van der Waals surface area contributed by atoms with Gasteiger partial charge >= 0.3 is 0 Å². The molecule has 3 heterocycles. The van der Waals surface area contributed by atoms with E-state index < -0.39 is 0 Å². The first-order valence-corrected chi connectivity index (χ1v) is 8.89. The van der Waals surface area contributed by atoms with Crippen LogP contribution in [0.15, 0.2) is 18.3 Å². The van der Waals surface area contributed by atoms with Gasteiger partial charge in [0.2, 0.25) is 0 Å². The van der Waals surface area contributed by atoms with Crippen molar-refractivity contribution >= 4 is 11.7 Å². The fourth-order valence-electron chi connectivity index (χ4n) is 2.75. The molecule has 8 heteroatoms. The van der Waals surface area contributed by atoms with Crippen LogP contribution >= 0.6 is 0 Å². The molecular formula is C19H24N6O2. The predicted molar refractivity (Wildman–Crippen MR) is 102 cm³/mol. The number of hydrogen-bond donors (Lipinski definition) is 2. The predicted octanol–water partition coefficient (Wildman–Crippen LogP) is 0.168. The highest BCUT2D eigenvalue weighted by Crippen LogP contribution is 2.09. The zero-order chi connectivity index (χ0) is 19.2. The van der Waals surface area contributed by atoms with Gasteiger partial charge in [-0.3, -0.25) is 14.4 Å². The summed E-state index contributed by atoms with van der Waals surface area (Å²) < 4.78 is 6.90. The summed E-state index contributed by atoms with van der Waals surface area (Å²) in [5.41, 5.74) is 8.47. The Labute approximate surface area is 158 Å². The lowest BCUT2D eigenvalue weighted by Crippen LogP contribution is -2.41. The molecule has 27 heavy (non-hydrogen) atoms. The van der Waals surface area contributed by atoms with Crippen LogP contribution in [-0.4, -0.2) is 65.0 Å². The van der Waals surface area contributed by atoms with Crippen LogP contribution in [0.3, 0.4) is 0 Å². The van der Waals surface area contributed by atoms with Gasteiger partial charge in [-0.2, -0.15) is 5.10 Å². The second kappa shape index (κ2) is 8.66. The van der Waals surface area contributed by atoms with E-state index in [-0.39, 0.29) is 5.91 Å². The Balaban J connectivity index is 1.61. The van der Waals surface area contributed by atoms with Crippen LogP contribution in [0, 0.1) is 18.8 Å². The topological polar surface area (TPSA) is 98.3 Å². The van der Waals surface area contributed by atoms with E-state index >= 15 is 0 Å². The fraction of sp³-hybridized carbons (Fsp3) is 0.421. The SMILES string of the molecule is Cc1cnc(N)c(C#Cc2cc(C(=O)NCCN3CCOCC3)nn2C)c1. The van der Waals surface area contributed by atoms with E-state index in [1.54, 1.807) is 24.0 Å². The highest BCUT2D eigenvalue weighted by molar-refractivity contribution is 5.92. The molecular weight excluding hydrogens is 344 g/mol. The Morgan fingerprint density at radius 2 is 2.11 bits per heavy atom. The Morgan fingerprint density at radius 1 is 1.33 bits per heavy atom. The Bertz CT molecular complexity index is 874. The molecule has 2 aromatic rings. The van der Waals surface area contributed by atoms with Gasteiger partial charge in [0.05, 0.1) is 18.8 Å². The van der Waals surface area contributed by atoms with Crippen molar-refractivity contribution in [3.8, 4) is 11.8 Å². The van der Waals surface area contributed by atoms with Gasteiger partial charge in [-0.15, -0.1) is 0 Å². The van der Waals surface area contributed by atoms with Crippen molar-refractivity contribution in [2.24, 2.45) is 7.05 Å². The van der Waals surface area contributed by atoms with Crippen LogP contribution in [0.25, 0.3) is 0 Å². The van der Waals surface area contributed by atoms with Crippen molar-refractivity contribution in [1.29, 1.82) is 0 Å². The summed E-state index contributed by atoms with van der Waals surface area (Å²) in [7, 11) is 1.76. The molecule has 1 aliphatic rings.